The summed E-state index contributed by atoms with van der Waals surface area (Å²) in [5, 5.41) is 2.73. The van der Waals surface area contributed by atoms with Crippen LogP contribution in [0.5, 0.6) is 0 Å². The molecular formula is C17H23N3O4S. The molecule has 2 saturated heterocycles. The molecule has 25 heavy (non-hydrogen) atoms. The highest BCUT2D eigenvalue weighted by Gasteiger charge is 2.49. The van der Waals surface area contributed by atoms with Crippen molar-refractivity contribution in [1.29, 1.82) is 0 Å². The summed E-state index contributed by atoms with van der Waals surface area (Å²) in [7, 11) is -3.28. The highest BCUT2D eigenvalue weighted by atomic mass is 32.2. The summed E-state index contributed by atoms with van der Waals surface area (Å²) < 4.78 is 24.4. The number of hydrogen-bond acceptors (Lipinski definition) is 4. The van der Waals surface area contributed by atoms with Gasteiger partial charge in [-0.1, -0.05) is 18.2 Å². The highest BCUT2D eigenvalue weighted by molar-refractivity contribution is 7.91. The fraction of sp³-hybridized carbons (Fsp3) is 0.529. The molecule has 1 aromatic rings. The Bertz CT molecular complexity index is 793. The molecular weight excluding hydrogens is 342 g/mol. The third-order valence-corrected chi connectivity index (χ3v) is 6.60. The topological polar surface area (TPSA) is 86.8 Å². The number of hydrogen-bond donors (Lipinski definition) is 1. The minimum Gasteiger partial charge on any atom is -0.338 e. The van der Waals surface area contributed by atoms with Gasteiger partial charge in [-0.3, -0.25) is 4.79 Å². The van der Waals surface area contributed by atoms with Gasteiger partial charge in [0.1, 0.15) is 0 Å². The molecule has 2 aliphatic heterocycles. The van der Waals surface area contributed by atoms with Crippen molar-refractivity contribution < 1.29 is 18.0 Å². The first-order valence-corrected chi connectivity index (χ1v) is 10.3. The summed E-state index contributed by atoms with van der Waals surface area (Å²) in [6, 6.07) is 6.04. The standard InChI is InChI=1S/C17H23N3O4S/c1-3-18-17(22)20-9-8-19(14-10-25(23,24)11-15(14)20)16(21)13-7-5-4-6-12(13)2/h4-7,14-15H,3,8-11H2,1-2H3,(H,18,22)/t14-,15+/m1/s1. The van der Waals surface area contributed by atoms with Crippen LogP contribution >= 0.6 is 0 Å². The van der Waals surface area contributed by atoms with Crippen molar-refractivity contribution in [2.75, 3.05) is 31.1 Å². The van der Waals surface area contributed by atoms with Crippen LogP contribution < -0.4 is 5.32 Å². The molecule has 2 fully saturated rings. The van der Waals surface area contributed by atoms with E-state index in [1.807, 2.05) is 26.0 Å². The Morgan fingerprint density at radius 3 is 2.36 bits per heavy atom. The van der Waals surface area contributed by atoms with Crippen molar-refractivity contribution in [3.05, 3.63) is 35.4 Å². The third-order valence-electron chi connectivity index (χ3n) is 4.90. The molecule has 0 unspecified atom stereocenters. The highest BCUT2D eigenvalue weighted by Crippen LogP contribution is 2.28. The van der Waals surface area contributed by atoms with Crippen LogP contribution in [0.4, 0.5) is 4.79 Å². The molecule has 2 heterocycles. The van der Waals surface area contributed by atoms with Gasteiger partial charge in [-0.2, -0.15) is 0 Å². The van der Waals surface area contributed by atoms with Crippen molar-refractivity contribution in [3.8, 4) is 0 Å². The van der Waals surface area contributed by atoms with Crippen LogP contribution in [0.2, 0.25) is 0 Å². The number of nitrogens with one attached hydrogen (secondary N) is 1. The molecule has 0 aliphatic carbocycles. The quantitative estimate of drug-likeness (QED) is 0.834. The molecule has 3 rings (SSSR count). The van der Waals surface area contributed by atoms with Gasteiger partial charge in [0.2, 0.25) is 0 Å². The van der Waals surface area contributed by atoms with E-state index in [1.54, 1.807) is 21.9 Å². The van der Waals surface area contributed by atoms with Crippen LogP contribution in [0, 0.1) is 6.92 Å². The van der Waals surface area contributed by atoms with Crippen molar-refractivity contribution in [3.63, 3.8) is 0 Å². The third kappa shape index (κ3) is 3.35. The maximum atomic E-state index is 13.0. The van der Waals surface area contributed by atoms with E-state index < -0.39 is 21.9 Å². The number of carbonyl (C=O) groups excluding carboxylic acids is 2. The van der Waals surface area contributed by atoms with Crippen LogP contribution in [0.15, 0.2) is 24.3 Å². The van der Waals surface area contributed by atoms with Gasteiger partial charge in [0, 0.05) is 25.2 Å². The number of aryl methyl sites for hydroxylation is 1. The maximum absolute atomic E-state index is 13.0. The molecule has 0 spiro atoms. The average molecular weight is 365 g/mol. The SMILES string of the molecule is CCNC(=O)N1CCN(C(=O)c2ccccc2C)[C@@H]2CS(=O)(=O)C[C@@H]21. The molecule has 1 N–H and O–H groups in total. The Morgan fingerprint density at radius 2 is 1.72 bits per heavy atom. The molecule has 2 atom stereocenters. The zero-order valence-corrected chi connectivity index (χ0v) is 15.3. The lowest BCUT2D eigenvalue weighted by molar-refractivity contribution is 0.0427. The van der Waals surface area contributed by atoms with Crippen LogP contribution in [-0.2, 0) is 9.84 Å². The monoisotopic (exact) mass is 365 g/mol. The van der Waals surface area contributed by atoms with Gasteiger partial charge in [0.05, 0.1) is 23.6 Å². The lowest BCUT2D eigenvalue weighted by Crippen LogP contribution is -2.63. The maximum Gasteiger partial charge on any atom is 0.317 e. The van der Waals surface area contributed by atoms with Crippen LogP contribution in [0.3, 0.4) is 0 Å². The minimum atomic E-state index is -3.28. The summed E-state index contributed by atoms with van der Waals surface area (Å²) in [5.74, 6) is -0.349. The predicted molar refractivity (Wildman–Crippen MR) is 94.2 cm³/mol. The number of rotatable bonds is 2. The van der Waals surface area contributed by atoms with Crippen molar-refractivity contribution >= 4 is 21.8 Å². The zero-order chi connectivity index (χ0) is 18.2. The van der Waals surface area contributed by atoms with E-state index in [0.717, 1.165) is 5.56 Å². The second-order valence-electron chi connectivity index (χ2n) is 6.55. The number of urea groups is 1. The number of sulfone groups is 1. The Kier molecular flexibility index (Phi) is 4.73. The van der Waals surface area contributed by atoms with E-state index in [9.17, 15) is 18.0 Å². The van der Waals surface area contributed by atoms with E-state index in [4.69, 9.17) is 0 Å². The lowest BCUT2D eigenvalue weighted by Gasteiger charge is -2.43. The van der Waals surface area contributed by atoms with Crippen molar-refractivity contribution in [2.24, 2.45) is 0 Å². The second-order valence-corrected chi connectivity index (χ2v) is 8.71. The van der Waals surface area contributed by atoms with Gasteiger partial charge in [0.25, 0.3) is 5.91 Å². The van der Waals surface area contributed by atoms with E-state index in [-0.39, 0.29) is 23.4 Å². The van der Waals surface area contributed by atoms with Crippen LogP contribution in [-0.4, -0.2) is 73.4 Å². The first kappa shape index (κ1) is 17.7. The Morgan fingerprint density at radius 1 is 1.12 bits per heavy atom. The largest absolute Gasteiger partial charge is 0.338 e. The summed E-state index contributed by atoms with van der Waals surface area (Å²) in [6.45, 7) is 4.83. The van der Waals surface area contributed by atoms with E-state index in [2.05, 4.69) is 5.32 Å². The Balaban J connectivity index is 1.90. The van der Waals surface area contributed by atoms with Gasteiger partial charge < -0.3 is 15.1 Å². The zero-order valence-electron chi connectivity index (χ0n) is 14.4. The molecule has 1 aromatic carbocycles. The Hall–Kier alpha value is -2.09. The lowest BCUT2D eigenvalue weighted by atomic mass is 10.0. The van der Waals surface area contributed by atoms with E-state index in [1.165, 1.54) is 0 Å². The molecule has 3 amide bonds. The molecule has 7 nitrogen and oxygen atoms in total. The average Bonchev–Trinajstić information content (AvgIpc) is 2.88. The molecule has 0 saturated carbocycles. The summed E-state index contributed by atoms with van der Waals surface area (Å²) in [5.41, 5.74) is 1.44. The molecule has 0 radical (unpaired) electrons. The van der Waals surface area contributed by atoms with Gasteiger partial charge >= 0.3 is 6.03 Å². The van der Waals surface area contributed by atoms with Crippen molar-refractivity contribution in [1.82, 2.24) is 15.1 Å². The number of piperazine rings is 1. The van der Waals surface area contributed by atoms with Gasteiger partial charge in [-0.05, 0) is 25.5 Å². The van der Waals surface area contributed by atoms with Gasteiger partial charge in [-0.25, -0.2) is 13.2 Å². The first-order chi connectivity index (χ1) is 11.8. The minimum absolute atomic E-state index is 0.0909. The van der Waals surface area contributed by atoms with E-state index in [0.29, 0.717) is 25.2 Å². The summed E-state index contributed by atoms with van der Waals surface area (Å²) in [6.07, 6.45) is 0. The molecule has 8 heteroatoms. The van der Waals surface area contributed by atoms with E-state index >= 15 is 0 Å². The molecule has 0 aromatic heterocycles. The number of carbonyl (C=O) groups is 2. The summed E-state index contributed by atoms with van der Waals surface area (Å²) >= 11 is 0. The molecule has 0 bridgehead atoms. The number of fused-ring (bicyclic) bond motifs is 1. The predicted octanol–water partition coefficient (Wildman–Crippen LogP) is 0.648. The first-order valence-electron chi connectivity index (χ1n) is 8.45. The van der Waals surface area contributed by atoms with Crippen LogP contribution in [0.1, 0.15) is 22.8 Å². The molecule has 2 aliphatic rings. The fourth-order valence-corrected chi connectivity index (χ4v) is 5.66. The smallest absolute Gasteiger partial charge is 0.317 e. The number of nitrogens with zero attached hydrogens (tertiary/aromatic N) is 2. The van der Waals surface area contributed by atoms with Gasteiger partial charge in [-0.15, -0.1) is 0 Å². The Labute approximate surface area is 147 Å². The van der Waals surface area contributed by atoms with Crippen LogP contribution in [0.25, 0.3) is 0 Å². The number of amides is 3. The second kappa shape index (κ2) is 6.67. The number of benzene rings is 1. The summed E-state index contributed by atoms with van der Waals surface area (Å²) in [4.78, 5) is 28.5. The van der Waals surface area contributed by atoms with Crippen molar-refractivity contribution in [2.45, 2.75) is 25.9 Å². The normalized spacial score (nSPS) is 24.7. The fourth-order valence-electron chi connectivity index (χ4n) is 3.68. The molecule has 136 valence electrons. The van der Waals surface area contributed by atoms with Gasteiger partial charge in [0.15, 0.2) is 9.84 Å².